The van der Waals surface area contributed by atoms with Gasteiger partial charge in [-0.05, 0) is 12.8 Å². The van der Waals surface area contributed by atoms with Crippen LogP contribution >= 0.6 is 0 Å². The van der Waals surface area contributed by atoms with Gasteiger partial charge in [-0.2, -0.15) is 0 Å². The van der Waals surface area contributed by atoms with Gasteiger partial charge in [-0.15, -0.1) is 0 Å². The molecule has 0 bridgehead atoms. The van der Waals surface area contributed by atoms with Crippen molar-refractivity contribution in [3.8, 4) is 0 Å². The highest BCUT2D eigenvalue weighted by Gasteiger charge is 2.37. The number of hydrogen-bond acceptors (Lipinski definition) is 4. The lowest BCUT2D eigenvalue weighted by Gasteiger charge is -2.34. The summed E-state index contributed by atoms with van der Waals surface area (Å²) in [6.07, 6.45) is 0.950. The second-order valence-corrected chi connectivity index (χ2v) is 4.32. The van der Waals surface area contributed by atoms with Crippen LogP contribution in [-0.4, -0.2) is 47.4 Å². The highest BCUT2D eigenvalue weighted by atomic mass is 16.5. The van der Waals surface area contributed by atoms with E-state index in [0.717, 1.165) is 6.42 Å². The van der Waals surface area contributed by atoms with E-state index in [9.17, 15) is 9.59 Å². The quantitative estimate of drug-likeness (QED) is 0.678. The van der Waals surface area contributed by atoms with Crippen LogP contribution in [-0.2, 0) is 9.53 Å². The number of aliphatic hydroxyl groups is 1. The van der Waals surface area contributed by atoms with Crippen molar-refractivity contribution in [2.75, 3.05) is 13.2 Å². The molecule has 0 saturated carbocycles. The first kappa shape index (κ1) is 11.3. The smallest absolute Gasteiger partial charge is 0.326 e. The predicted molar refractivity (Wildman–Crippen MR) is 54.4 cm³/mol. The highest BCUT2D eigenvalue weighted by Crippen LogP contribution is 2.24. The fourth-order valence-electron chi connectivity index (χ4n) is 2.06. The first-order chi connectivity index (χ1) is 7.61. The minimum absolute atomic E-state index is 0.0273. The molecule has 3 atom stereocenters. The van der Waals surface area contributed by atoms with E-state index in [1.165, 1.54) is 4.90 Å². The third-order valence-electron chi connectivity index (χ3n) is 3.05. The molecule has 2 aliphatic rings. The zero-order valence-electron chi connectivity index (χ0n) is 9.18. The normalized spacial score (nSPS) is 35.4. The summed E-state index contributed by atoms with van der Waals surface area (Å²) in [6.45, 7) is 2.13. The van der Waals surface area contributed by atoms with Crippen molar-refractivity contribution in [2.45, 2.75) is 32.1 Å². The van der Waals surface area contributed by atoms with Crippen molar-refractivity contribution in [3.05, 3.63) is 0 Å². The topological polar surface area (TPSA) is 78.9 Å². The summed E-state index contributed by atoms with van der Waals surface area (Å²) in [4.78, 5) is 24.4. The molecule has 2 heterocycles. The number of carbonyl (C=O) groups excluding carboxylic acids is 2. The second-order valence-electron chi connectivity index (χ2n) is 4.32. The molecule has 0 spiro atoms. The van der Waals surface area contributed by atoms with Gasteiger partial charge in [0.2, 0.25) is 5.91 Å². The first-order valence-corrected chi connectivity index (χ1v) is 5.49. The van der Waals surface area contributed by atoms with E-state index < -0.39 is 6.03 Å². The molecule has 2 N–H and O–H groups in total. The van der Waals surface area contributed by atoms with Gasteiger partial charge in [0, 0.05) is 6.54 Å². The van der Waals surface area contributed by atoms with E-state index in [-0.39, 0.29) is 30.8 Å². The molecule has 2 fully saturated rings. The number of imide groups is 1. The van der Waals surface area contributed by atoms with Gasteiger partial charge in [0.15, 0.2) is 0 Å². The standard InChI is InChI=1S/C10H16N2O4/c1-6-4-12(10(15)11-9(6)14)8-3-2-7(5-13)16-8/h6-8,13H,2-5H2,1H3,(H,11,14,15). The van der Waals surface area contributed by atoms with Gasteiger partial charge in [0.25, 0.3) is 0 Å². The summed E-state index contributed by atoms with van der Waals surface area (Å²) in [5, 5.41) is 11.2. The molecular formula is C10H16N2O4. The third kappa shape index (κ3) is 2.03. The fourth-order valence-corrected chi connectivity index (χ4v) is 2.06. The number of hydrogen-bond donors (Lipinski definition) is 2. The van der Waals surface area contributed by atoms with Gasteiger partial charge in [-0.1, -0.05) is 6.92 Å². The minimum Gasteiger partial charge on any atom is -0.394 e. The zero-order chi connectivity index (χ0) is 11.7. The molecule has 6 heteroatoms. The van der Waals surface area contributed by atoms with Crippen LogP contribution in [0, 0.1) is 5.92 Å². The summed E-state index contributed by atoms with van der Waals surface area (Å²) < 4.78 is 5.51. The molecular weight excluding hydrogens is 212 g/mol. The summed E-state index contributed by atoms with van der Waals surface area (Å²) in [6, 6.07) is -0.397. The van der Waals surface area contributed by atoms with Crippen molar-refractivity contribution < 1.29 is 19.4 Å². The molecule has 0 aromatic rings. The molecule has 3 amide bonds. The molecule has 0 aliphatic carbocycles. The molecule has 2 aliphatic heterocycles. The van der Waals surface area contributed by atoms with Crippen molar-refractivity contribution >= 4 is 11.9 Å². The number of carbonyl (C=O) groups is 2. The number of rotatable bonds is 2. The maximum absolute atomic E-state index is 11.6. The lowest BCUT2D eigenvalue weighted by atomic mass is 10.1. The van der Waals surface area contributed by atoms with E-state index in [1.54, 1.807) is 6.92 Å². The average Bonchev–Trinajstić information content (AvgIpc) is 2.71. The summed E-state index contributed by atoms with van der Waals surface area (Å²) in [7, 11) is 0. The molecule has 2 rings (SSSR count). The molecule has 90 valence electrons. The Morgan fingerprint density at radius 3 is 2.88 bits per heavy atom. The van der Waals surface area contributed by atoms with Crippen LogP contribution < -0.4 is 5.32 Å². The number of nitrogens with one attached hydrogen (secondary N) is 1. The average molecular weight is 228 g/mol. The maximum Gasteiger partial charge on any atom is 0.326 e. The lowest BCUT2D eigenvalue weighted by Crippen LogP contribution is -2.57. The third-order valence-corrected chi connectivity index (χ3v) is 3.05. The lowest BCUT2D eigenvalue weighted by molar-refractivity contribution is -0.128. The Kier molecular flexibility index (Phi) is 3.11. The first-order valence-electron chi connectivity index (χ1n) is 5.49. The van der Waals surface area contributed by atoms with Gasteiger partial charge in [0.1, 0.15) is 6.23 Å². The summed E-state index contributed by atoms with van der Waals surface area (Å²) in [5.41, 5.74) is 0. The molecule has 16 heavy (non-hydrogen) atoms. The Morgan fingerprint density at radius 1 is 1.50 bits per heavy atom. The van der Waals surface area contributed by atoms with Crippen LogP contribution in [0.2, 0.25) is 0 Å². The van der Waals surface area contributed by atoms with E-state index >= 15 is 0 Å². The molecule has 6 nitrogen and oxygen atoms in total. The van der Waals surface area contributed by atoms with Crippen LogP contribution in [0.25, 0.3) is 0 Å². The van der Waals surface area contributed by atoms with Crippen LogP contribution in [0.1, 0.15) is 19.8 Å². The highest BCUT2D eigenvalue weighted by molar-refractivity contribution is 5.97. The molecule has 0 aromatic heterocycles. The Morgan fingerprint density at radius 2 is 2.25 bits per heavy atom. The number of aliphatic hydroxyl groups excluding tert-OH is 1. The van der Waals surface area contributed by atoms with Crippen molar-refractivity contribution in [1.29, 1.82) is 0 Å². The Balaban J connectivity index is 1.99. The largest absolute Gasteiger partial charge is 0.394 e. The van der Waals surface area contributed by atoms with E-state index in [2.05, 4.69) is 5.32 Å². The second kappa shape index (κ2) is 4.39. The monoisotopic (exact) mass is 228 g/mol. The Labute approximate surface area is 93.6 Å². The SMILES string of the molecule is CC1CN(C2CCC(CO)O2)C(=O)NC1=O. The van der Waals surface area contributed by atoms with Gasteiger partial charge in [-0.25, -0.2) is 4.79 Å². The summed E-state index contributed by atoms with van der Waals surface area (Å²) in [5.74, 6) is -0.451. The van der Waals surface area contributed by atoms with Crippen LogP contribution in [0.15, 0.2) is 0 Å². The number of ether oxygens (including phenoxy) is 1. The van der Waals surface area contributed by atoms with Gasteiger partial charge < -0.3 is 9.84 Å². The van der Waals surface area contributed by atoms with Crippen molar-refractivity contribution in [1.82, 2.24) is 10.2 Å². The van der Waals surface area contributed by atoms with Crippen molar-refractivity contribution in [2.24, 2.45) is 5.92 Å². The Hall–Kier alpha value is -1.14. The van der Waals surface area contributed by atoms with Crippen LogP contribution in [0.5, 0.6) is 0 Å². The van der Waals surface area contributed by atoms with Gasteiger partial charge >= 0.3 is 6.03 Å². The van der Waals surface area contributed by atoms with Gasteiger partial charge in [-0.3, -0.25) is 15.0 Å². The fraction of sp³-hybridized carbons (Fsp3) is 0.800. The molecule has 2 saturated heterocycles. The molecule has 3 unspecified atom stereocenters. The van der Waals surface area contributed by atoms with Gasteiger partial charge in [0.05, 0.1) is 18.6 Å². The van der Waals surface area contributed by atoms with Crippen molar-refractivity contribution in [3.63, 3.8) is 0 Å². The number of amides is 3. The van der Waals surface area contributed by atoms with E-state index in [4.69, 9.17) is 9.84 Å². The zero-order valence-corrected chi connectivity index (χ0v) is 9.18. The van der Waals surface area contributed by atoms with Crippen LogP contribution in [0.3, 0.4) is 0 Å². The number of urea groups is 1. The summed E-state index contributed by atoms with van der Waals surface area (Å²) >= 11 is 0. The van der Waals surface area contributed by atoms with Crippen LogP contribution in [0.4, 0.5) is 4.79 Å². The predicted octanol–water partition coefficient (Wildman–Crippen LogP) is -0.328. The van der Waals surface area contributed by atoms with E-state index in [1.807, 2.05) is 0 Å². The van der Waals surface area contributed by atoms with E-state index in [0.29, 0.717) is 13.0 Å². The Bertz CT molecular complexity index is 307. The molecule has 0 aromatic carbocycles. The molecule has 0 radical (unpaired) electrons. The number of nitrogens with zero attached hydrogens (tertiary/aromatic N) is 1. The minimum atomic E-state index is -0.397. The maximum atomic E-state index is 11.6.